The van der Waals surface area contributed by atoms with Crippen molar-refractivity contribution in [2.45, 2.75) is 39.3 Å². The first-order chi connectivity index (χ1) is 8.94. The number of nitrogens with one attached hydrogen (secondary N) is 2. The van der Waals surface area contributed by atoms with E-state index in [0.29, 0.717) is 29.1 Å². The van der Waals surface area contributed by atoms with Crippen LogP contribution < -0.4 is 5.56 Å². The molecular formula is C12H18N4O2S. The summed E-state index contributed by atoms with van der Waals surface area (Å²) in [5.41, 5.74) is 0.362. The number of nitrogens with zero attached hydrogens (tertiary/aromatic N) is 2. The van der Waals surface area contributed by atoms with Crippen LogP contribution in [0.1, 0.15) is 27.2 Å². The number of rotatable bonds is 5. The van der Waals surface area contributed by atoms with Crippen molar-refractivity contribution < 1.29 is 4.74 Å². The molecule has 2 aromatic heterocycles. The molecule has 2 N–H and O–H groups in total. The van der Waals surface area contributed by atoms with Gasteiger partial charge in [-0.25, -0.2) is 4.98 Å². The fraction of sp³-hybridized carbons (Fsp3) is 0.583. The summed E-state index contributed by atoms with van der Waals surface area (Å²) in [7, 11) is 0. The molecule has 0 aliphatic rings. The van der Waals surface area contributed by atoms with Gasteiger partial charge in [0.1, 0.15) is 5.52 Å². The quantitative estimate of drug-likeness (QED) is 0.822. The molecule has 0 radical (unpaired) electrons. The first-order valence-corrected chi connectivity index (χ1v) is 6.65. The van der Waals surface area contributed by atoms with E-state index in [-0.39, 0.29) is 11.2 Å². The Labute approximate surface area is 115 Å². The molecule has 0 aliphatic carbocycles. The number of imidazole rings is 1. The maximum Gasteiger partial charge on any atom is 0.277 e. The second-order valence-electron chi connectivity index (χ2n) is 5.05. The van der Waals surface area contributed by atoms with Gasteiger partial charge in [0.15, 0.2) is 10.4 Å². The Kier molecular flexibility index (Phi) is 3.86. The summed E-state index contributed by atoms with van der Waals surface area (Å²) >= 11 is 5.21. The van der Waals surface area contributed by atoms with E-state index in [1.54, 1.807) is 4.57 Å². The van der Waals surface area contributed by atoms with E-state index in [1.807, 2.05) is 13.8 Å². The Morgan fingerprint density at radius 1 is 1.53 bits per heavy atom. The van der Waals surface area contributed by atoms with Crippen LogP contribution in [0, 0.1) is 4.77 Å². The molecule has 7 heteroatoms. The zero-order chi connectivity index (χ0) is 14.0. The highest BCUT2D eigenvalue weighted by atomic mass is 32.1. The third-order valence-electron chi connectivity index (χ3n) is 2.80. The lowest BCUT2D eigenvalue weighted by Crippen LogP contribution is -2.32. The van der Waals surface area contributed by atoms with Gasteiger partial charge in [-0.3, -0.25) is 14.3 Å². The van der Waals surface area contributed by atoms with Crippen molar-refractivity contribution in [1.82, 2.24) is 19.5 Å². The van der Waals surface area contributed by atoms with Crippen LogP contribution in [0.2, 0.25) is 0 Å². The number of H-pyrrole nitrogens is 2. The number of fused-ring (bicyclic) bond motifs is 1. The Morgan fingerprint density at radius 3 is 2.95 bits per heavy atom. The molecule has 2 rings (SSSR count). The standard InChI is InChI=1S/C12H18N4O2S/c1-4-5-18-12(2,3)6-16-9-8(13-7-14-9)10(17)15-11(16)19/h7H,4-6H2,1-3H3,(H,13,14)(H,15,17,19). The molecule has 2 aromatic rings. The topological polar surface area (TPSA) is 75.7 Å². The van der Waals surface area contributed by atoms with Gasteiger partial charge in [0.2, 0.25) is 0 Å². The molecular weight excluding hydrogens is 264 g/mol. The molecule has 0 atom stereocenters. The van der Waals surface area contributed by atoms with Crippen LogP contribution in [0.5, 0.6) is 0 Å². The monoisotopic (exact) mass is 282 g/mol. The Hall–Kier alpha value is -1.47. The largest absolute Gasteiger partial charge is 0.374 e. The summed E-state index contributed by atoms with van der Waals surface area (Å²) < 4.78 is 7.95. The predicted octanol–water partition coefficient (Wildman–Crippen LogP) is 1.99. The number of hydrogen-bond acceptors (Lipinski definition) is 4. The van der Waals surface area contributed by atoms with Gasteiger partial charge in [0.05, 0.1) is 18.5 Å². The molecule has 0 aliphatic heterocycles. The van der Waals surface area contributed by atoms with Crippen LogP contribution in [-0.4, -0.2) is 31.7 Å². The summed E-state index contributed by atoms with van der Waals surface area (Å²) in [4.78, 5) is 21.3. The molecule has 19 heavy (non-hydrogen) atoms. The average molecular weight is 282 g/mol. The Balaban J connectivity index is 2.43. The summed E-state index contributed by atoms with van der Waals surface area (Å²) in [5.74, 6) is 0. The SMILES string of the molecule is CCCOC(C)(C)Cn1c(=S)[nH]c(=O)c2[nH]cnc21. The molecule has 6 nitrogen and oxygen atoms in total. The second kappa shape index (κ2) is 5.26. The number of ether oxygens (including phenoxy) is 1. The molecule has 0 bridgehead atoms. The van der Waals surface area contributed by atoms with Crippen LogP contribution in [0.25, 0.3) is 11.2 Å². The highest BCUT2D eigenvalue weighted by Crippen LogP contribution is 2.15. The molecule has 0 spiro atoms. The minimum Gasteiger partial charge on any atom is -0.374 e. The lowest BCUT2D eigenvalue weighted by Gasteiger charge is -2.26. The molecule has 0 saturated carbocycles. The zero-order valence-electron chi connectivity index (χ0n) is 11.3. The summed E-state index contributed by atoms with van der Waals surface area (Å²) in [6.45, 7) is 7.27. The maximum absolute atomic E-state index is 11.7. The first kappa shape index (κ1) is 14.0. The van der Waals surface area contributed by atoms with Gasteiger partial charge in [-0.2, -0.15) is 0 Å². The lowest BCUT2D eigenvalue weighted by atomic mass is 10.1. The highest BCUT2D eigenvalue weighted by molar-refractivity contribution is 7.71. The third kappa shape index (κ3) is 2.93. The van der Waals surface area contributed by atoms with E-state index in [4.69, 9.17) is 17.0 Å². The van der Waals surface area contributed by atoms with Crippen LogP contribution in [0.4, 0.5) is 0 Å². The molecule has 0 saturated heterocycles. The van der Waals surface area contributed by atoms with Crippen molar-refractivity contribution in [3.63, 3.8) is 0 Å². The van der Waals surface area contributed by atoms with E-state index >= 15 is 0 Å². The average Bonchev–Trinajstić information content (AvgIpc) is 2.81. The molecule has 0 aromatic carbocycles. The Bertz CT molecular complexity index is 683. The van der Waals surface area contributed by atoms with Gasteiger partial charge in [0, 0.05) is 6.61 Å². The summed E-state index contributed by atoms with van der Waals surface area (Å²) in [5, 5.41) is 0. The van der Waals surface area contributed by atoms with Gasteiger partial charge in [-0.15, -0.1) is 0 Å². The maximum atomic E-state index is 11.7. The van der Waals surface area contributed by atoms with Crippen molar-refractivity contribution in [3.05, 3.63) is 21.5 Å². The van der Waals surface area contributed by atoms with Gasteiger partial charge in [-0.1, -0.05) is 6.92 Å². The van der Waals surface area contributed by atoms with Crippen LogP contribution in [0.3, 0.4) is 0 Å². The molecule has 0 fully saturated rings. The summed E-state index contributed by atoms with van der Waals surface area (Å²) in [6, 6.07) is 0. The van der Waals surface area contributed by atoms with Crippen molar-refractivity contribution in [3.8, 4) is 0 Å². The van der Waals surface area contributed by atoms with Gasteiger partial charge < -0.3 is 9.72 Å². The van der Waals surface area contributed by atoms with Gasteiger partial charge in [-0.05, 0) is 32.5 Å². The van der Waals surface area contributed by atoms with Crippen molar-refractivity contribution in [1.29, 1.82) is 0 Å². The van der Waals surface area contributed by atoms with Crippen LogP contribution in [0.15, 0.2) is 11.1 Å². The van der Waals surface area contributed by atoms with Crippen LogP contribution >= 0.6 is 12.2 Å². The van der Waals surface area contributed by atoms with Crippen LogP contribution in [-0.2, 0) is 11.3 Å². The minimum absolute atomic E-state index is 0.249. The molecule has 0 amide bonds. The lowest BCUT2D eigenvalue weighted by molar-refractivity contribution is -0.0288. The van der Waals surface area contributed by atoms with E-state index < -0.39 is 0 Å². The van der Waals surface area contributed by atoms with Gasteiger partial charge >= 0.3 is 0 Å². The number of aromatic nitrogens is 4. The third-order valence-corrected chi connectivity index (χ3v) is 3.13. The Morgan fingerprint density at radius 2 is 2.26 bits per heavy atom. The zero-order valence-corrected chi connectivity index (χ0v) is 12.1. The van der Waals surface area contributed by atoms with E-state index in [1.165, 1.54) is 6.33 Å². The molecule has 2 heterocycles. The fourth-order valence-corrected chi connectivity index (χ4v) is 2.18. The number of hydrogen-bond donors (Lipinski definition) is 2. The highest BCUT2D eigenvalue weighted by Gasteiger charge is 2.21. The van der Waals surface area contributed by atoms with Crippen molar-refractivity contribution in [2.24, 2.45) is 0 Å². The van der Waals surface area contributed by atoms with E-state index in [0.717, 1.165) is 6.42 Å². The first-order valence-electron chi connectivity index (χ1n) is 6.25. The number of aromatic amines is 2. The van der Waals surface area contributed by atoms with E-state index in [2.05, 4.69) is 21.9 Å². The van der Waals surface area contributed by atoms with Gasteiger partial charge in [0.25, 0.3) is 5.56 Å². The fourth-order valence-electron chi connectivity index (χ4n) is 1.93. The van der Waals surface area contributed by atoms with Crippen molar-refractivity contribution in [2.75, 3.05) is 6.61 Å². The van der Waals surface area contributed by atoms with Crippen molar-refractivity contribution >= 4 is 23.4 Å². The molecule has 104 valence electrons. The smallest absolute Gasteiger partial charge is 0.277 e. The minimum atomic E-state index is -0.377. The molecule has 0 unspecified atom stereocenters. The van der Waals surface area contributed by atoms with E-state index in [9.17, 15) is 4.79 Å². The second-order valence-corrected chi connectivity index (χ2v) is 5.44. The normalized spacial score (nSPS) is 12.2. The predicted molar refractivity (Wildman–Crippen MR) is 75.9 cm³/mol. The summed E-state index contributed by atoms with van der Waals surface area (Å²) in [6.07, 6.45) is 2.45.